The van der Waals surface area contributed by atoms with E-state index in [0.717, 1.165) is 5.92 Å². The molecule has 2 atom stereocenters. The maximum atomic E-state index is 5.09. The fourth-order valence-electron chi connectivity index (χ4n) is 3.26. The van der Waals surface area contributed by atoms with Gasteiger partial charge >= 0.3 is 0 Å². The summed E-state index contributed by atoms with van der Waals surface area (Å²) in [7, 11) is 0. The molecule has 1 saturated carbocycles. The second-order valence-corrected chi connectivity index (χ2v) is 7.53. The molecule has 2 aliphatic rings. The van der Waals surface area contributed by atoms with Gasteiger partial charge < -0.3 is 5.32 Å². The molecule has 2 unspecified atom stereocenters. The van der Waals surface area contributed by atoms with Gasteiger partial charge in [0.05, 0.1) is 6.04 Å². The SMILES string of the molecule is CCC(N=C1NC(C)(CC)CCS1)C1CCCCC1. The largest absolute Gasteiger partial charge is 0.360 e. The summed E-state index contributed by atoms with van der Waals surface area (Å²) in [5.74, 6) is 2.06. The Balaban J connectivity index is 2.00. The Kier molecular flexibility index (Phi) is 5.61. The molecule has 0 spiro atoms. The highest BCUT2D eigenvalue weighted by Gasteiger charge is 2.29. The fourth-order valence-corrected chi connectivity index (χ4v) is 4.54. The van der Waals surface area contributed by atoms with Crippen LogP contribution in [0.3, 0.4) is 0 Å². The molecule has 1 heterocycles. The number of nitrogens with zero attached hydrogens (tertiary/aromatic N) is 1. The molecule has 0 aromatic carbocycles. The molecule has 110 valence electrons. The van der Waals surface area contributed by atoms with Gasteiger partial charge in [-0.3, -0.25) is 4.99 Å². The van der Waals surface area contributed by atoms with Crippen LogP contribution in [0.2, 0.25) is 0 Å². The highest BCUT2D eigenvalue weighted by atomic mass is 32.2. The standard InChI is InChI=1S/C16H30N2S/c1-4-14(13-9-7-6-8-10-13)17-15-18-16(3,5-2)11-12-19-15/h13-14H,4-12H2,1-3H3,(H,17,18). The molecule has 3 heteroatoms. The molecule has 1 saturated heterocycles. The quantitative estimate of drug-likeness (QED) is 0.815. The van der Waals surface area contributed by atoms with Crippen molar-refractivity contribution in [3.05, 3.63) is 0 Å². The second kappa shape index (κ2) is 7.01. The van der Waals surface area contributed by atoms with Gasteiger partial charge in [-0.1, -0.05) is 44.9 Å². The lowest BCUT2D eigenvalue weighted by atomic mass is 9.83. The highest BCUT2D eigenvalue weighted by molar-refractivity contribution is 8.13. The van der Waals surface area contributed by atoms with Crippen LogP contribution in [0.5, 0.6) is 0 Å². The van der Waals surface area contributed by atoms with Crippen molar-refractivity contribution in [2.75, 3.05) is 5.75 Å². The van der Waals surface area contributed by atoms with E-state index < -0.39 is 0 Å². The first-order chi connectivity index (χ1) is 9.17. The van der Waals surface area contributed by atoms with E-state index in [9.17, 15) is 0 Å². The van der Waals surface area contributed by atoms with Crippen LogP contribution in [-0.2, 0) is 0 Å². The van der Waals surface area contributed by atoms with Crippen LogP contribution >= 0.6 is 11.8 Å². The summed E-state index contributed by atoms with van der Waals surface area (Å²) < 4.78 is 0. The van der Waals surface area contributed by atoms with Gasteiger partial charge in [-0.2, -0.15) is 0 Å². The molecule has 0 radical (unpaired) electrons. The van der Waals surface area contributed by atoms with Crippen LogP contribution < -0.4 is 5.32 Å². The summed E-state index contributed by atoms with van der Waals surface area (Å²) in [4.78, 5) is 5.09. The van der Waals surface area contributed by atoms with Gasteiger partial charge in [0.1, 0.15) is 0 Å². The predicted molar refractivity (Wildman–Crippen MR) is 87.0 cm³/mol. The van der Waals surface area contributed by atoms with Crippen LogP contribution in [0.4, 0.5) is 0 Å². The Bertz CT molecular complexity index is 310. The minimum atomic E-state index is 0.273. The third kappa shape index (κ3) is 4.14. The molecule has 2 fully saturated rings. The topological polar surface area (TPSA) is 24.4 Å². The molecule has 0 aromatic heterocycles. The smallest absolute Gasteiger partial charge is 0.157 e. The lowest BCUT2D eigenvalue weighted by molar-refractivity contribution is 0.300. The molecule has 2 nitrogen and oxygen atoms in total. The van der Waals surface area contributed by atoms with E-state index in [-0.39, 0.29) is 5.54 Å². The molecule has 1 aliphatic carbocycles. The van der Waals surface area contributed by atoms with Gasteiger partial charge in [0, 0.05) is 11.3 Å². The Morgan fingerprint density at radius 3 is 2.68 bits per heavy atom. The minimum Gasteiger partial charge on any atom is -0.360 e. The Labute approximate surface area is 123 Å². The first-order valence-corrected chi connectivity index (χ1v) is 9.14. The zero-order valence-corrected chi connectivity index (χ0v) is 13.7. The van der Waals surface area contributed by atoms with Crippen molar-refractivity contribution in [2.45, 2.75) is 83.7 Å². The molecule has 0 amide bonds. The number of aliphatic imine (C=N–C) groups is 1. The van der Waals surface area contributed by atoms with Gasteiger partial charge in [-0.15, -0.1) is 0 Å². The van der Waals surface area contributed by atoms with E-state index in [0.29, 0.717) is 6.04 Å². The zero-order valence-electron chi connectivity index (χ0n) is 12.9. The van der Waals surface area contributed by atoms with Crippen LogP contribution in [0.25, 0.3) is 0 Å². The van der Waals surface area contributed by atoms with Crippen molar-refractivity contribution in [2.24, 2.45) is 10.9 Å². The summed E-state index contributed by atoms with van der Waals surface area (Å²) >= 11 is 1.93. The molecular weight excluding hydrogens is 252 g/mol. The van der Waals surface area contributed by atoms with Gasteiger partial charge in [-0.25, -0.2) is 0 Å². The first kappa shape index (κ1) is 15.2. The predicted octanol–water partition coefficient (Wildman–Crippen LogP) is 4.60. The molecule has 2 rings (SSSR count). The summed E-state index contributed by atoms with van der Waals surface area (Å²) in [6.07, 6.45) is 10.7. The van der Waals surface area contributed by atoms with Crippen molar-refractivity contribution in [3.8, 4) is 0 Å². The van der Waals surface area contributed by atoms with Gasteiger partial charge in [0.25, 0.3) is 0 Å². The number of hydrogen-bond acceptors (Lipinski definition) is 2. The third-order valence-corrected chi connectivity index (χ3v) is 5.87. The van der Waals surface area contributed by atoms with E-state index >= 15 is 0 Å². The monoisotopic (exact) mass is 282 g/mol. The van der Waals surface area contributed by atoms with Crippen molar-refractivity contribution in [1.82, 2.24) is 5.32 Å². The molecule has 1 aliphatic heterocycles. The van der Waals surface area contributed by atoms with E-state index in [1.165, 1.54) is 62.3 Å². The first-order valence-electron chi connectivity index (χ1n) is 8.15. The number of hydrogen-bond donors (Lipinski definition) is 1. The van der Waals surface area contributed by atoms with E-state index in [4.69, 9.17) is 4.99 Å². The average Bonchev–Trinajstić information content (AvgIpc) is 2.46. The zero-order chi connectivity index (χ0) is 13.7. The number of thioether (sulfide) groups is 1. The Morgan fingerprint density at radius 1 is 1.32 bits per heavy atom. The van der Waals surface area contributed by atoms with Crippen LogP contribution in [0.1, 0.15) is 72.1 Å². The minimum absolute atomic E-state index is 0.273. The van der Waals surface area contributed by atoms with Crippen molar-refractivity contribution >= 4 is 16.9 Å². The molecule has 0 bridgehead atoms. The number of rotatable bonds is 4. The molecule has 19 heavy (non-hydrogen) atoms. The van der Waals surface area contributed by atoms with Crippen molar-refractivity contribution < 1.29 is 0 Å². The summed E-state index contributed by atoms with van der Waals surface area (Å²) in [5, 5.41) is 4.91. The molecule has 1 N–H and O–H groups in total. The van der Waals surface area contributed by atoms with Crippen LogP contribution in [0, 0.1) is 5.92 Å². The summed E-state index contributed by atoms with van der Waals surface area (Å²) in [5.41, 5.74) is 0.273. The normalized spacial score (nSPS) is 33.1. The fraction of sp³-hybridized carbons (Fsp3) is 0.938. The number of amidine groups is 1. The third-order valence-electron chi connectivity index (χ3n) is 4.98. The Hall–Kier alpha value is -0.180. The highest BCUT2D eigenvalue weighted by Crippen LogP contribution is 2.31. The molecule has 0 aromatic rings. The average molecular weight is 282 g/mol. The number of nitrogens with one attached hydrogen (secondary N) is 1. The second-order valence-electron chi connectivity index (χ2n) is 6.45. The van der Waals surface area contributed by atoms with Gasteiger partial charge in [0.2, 0.25) is 0 Å². The van der Waals surface area contributed by atoms with E-state index in [1.54, 1.807) is 0 Å². The maximum absolute atomic E-state index is 5.09. The van der Waals surface area contributed by atoms with Gasteiger partial charge in [-0.05, 0) is 44.9 Å². The maximum Gasteiger partial charge on any atom is 0.157 e. The van der Waals surface area contributed by atoms with Crippen LogP contribution in [0.15, 0.2) is 4.99 Å². The van der Waals surface area contributed by atoms with Crippen LogP contribution in [-0.4, -0.2) is 22.5 Å². The lowest BCUT2D eigenvalue weighted by Crippen LogP contribution is -2.48. The van der Waals surface area contributed by atoms with Crippen molar-refractivity contribution in [3.63, 3.8) is 0 Å². The van der Waals surface area contributed by atoms with Crippen molar-refractivity contribution in [1.29, 1.82) is 0 Å². The molecular formula is C16H30N2S. The van der Waals surface area contributed by atoms with Gasteiger partial charge in [0.15, 0.2) is 5.17 Å². The summed E-state index contributed by atoms with van der Waals surface area (Å²) in [6, 6.07) is 0.550. The van der Waals surface area contributed by atoms with E-state index in [1.807, 2.05) is 11.8 Å². The summed E-state index contributed by atoms with van der Waals surface area (Å²) in [6.45, 7) is 6.92. The Morgan fingerprint density at radius 2 is 2.05 bits per heavy atom. The lowest BCUT2D eigenvalue weighted by Gasteiger charge is -2.36. The van der Waals surface area contributed by atoms with E-state index in [2.05, 4.69) is 26.1 Å².